The van der Waals surface area contributed by atoms with Crippen LogP contribution in [0.5, 0.6) is 0 Å². The minimum atomic E-state index is -3.94. The molecule has 210 valence electrons. The van der Waals surface area contributed by atoms with Gasteiger partial charge in [-0.2, -0.15) is 4.31 Å². The van der Waals surface area contributed by atoms with Gasteiger partial charge in [0.2, 0.25) is 5.91 Å². The van der Waals surface area contributed by atoms with Gasteiger partial charge in [0.25, 0.3) is 15.9 Å². The number of rotatable bonds is 8. The molecule has 11 nitrogen and oxygen atoms in total. The molecule has 0 radical (unpaired) electrons. The van der Waals surface area contributed by atoms with Gasteiger partial charge in [0.05, 0.1) is 12.1 Å². The molecule has 1 saturated heterocycles. The average molecular weight is 558 g/mol. The van der Waals surface area contributed by atoms with Gasteiger partial charge in [-0.15, -0.1) is 0 Å². The first kappa shape index (κ1) is 28.7. The smallest absolute Gasteiger partial charge is 0.288 e. The molecule has 12 heteroatoms. The number of sulfonamides is 1. The maximum absolute atomic E-state index is 13.4. The molecule has 4 heterocycles. The molecule has 0 spiro atoms. The van der Waals surface area contributed by atoms with Crippen molar-refractivity contribution in [3.63, 3.8) is 0 Å². The molecular formula is C27H35N5O6S. The van der Waals surface area contributed by atoms with E-state index in [4.69, 9.17) is 4.42 Å². The molecule has 1 fully saturated rings. The van der Waals surface area contributed by atoms with E-state index in [0.29, 0.717) is 35.9 Å². The van der Waals surface area contributed by atoms with Crippen LogP contribution in [0, 0.1) is 12.8 Å². The summed E-state index contributed by atoms with van der Waals surface area (Å²) >= 11 is 0. The number of aromatic nitrogens is 2. The highest BCUT2D eigenvalue weighted by Crippen LogP contribution is 2.25. The number of β-amino-alcohol motifs (C(OH)–C–C–N with tert-alkyl or cyclic N) is 1. The van der Waals surface area contributed by atoms with Crippen LogP contribution in [0.4, 0.5) is 0 Å². The number of carbonyl (C=O) groups excluding carboxylic acids is 2. The van der Waals surface area contributed by atoms with E-state index in [1.165, 1.54) is 16.6 Å². The molecule has 39 heavy (non-hydrogen) atoms. The van der Waals surface area contributed by atoms with Crippen LogP contribution in [0.2, 0.25) is 0 Å². The Morgan fingerprint density at radius 2 is 1.90 bits per heavy atom. The second kappa shape index (κ2) is 11.8. The molecule has 1 aliphatic rings. The molecule has 3 aromatic rings. The molecule has 3 aromatic heterocycles. The van der Waals surface area contributed by atoms with E-state index in [-0.39, 0.29) is 23.2 Å². The van der Waals surface area contributed by atoms with Gasteiger partial charge in [-0.1, -0.05) is 19.9 Å². The standard InChI is InChI=1S/C27H35N5O6S/c1-16(2)14-20(31-27(35)25-18(4)24-22(38-25)8-7-13-29-24)26(34)30-19-11-10-17(3)32(15-21(19)33)39(36,37)23-9-5-6-12-28-23/h5-9,12-13,16-17,19-21,33H,10-11,14-15H2,1-4H3,(H,30,34)(H,31,35)/t17-,19+,20+,21-/m1/s1. The summed E-state index contributed by atoms with van der Waals surface area (Å²) in [5, 5.41) is 16.5. The van der Waals surface area contributed by atoms with Crippen molar-refractivity contribution in [1.29, 1.82) is 0 Å². The van der Waals surface area contributed by atoms with Crippen LogP contribution in [0.1, 0.15) is 56.2 Å². The summed E-state index contributed by atoms with van der Waals surface area (Å²) in [5.41, 5.74) is 1.63. The van der Waals surface area contributed by atoms with Gasteiger partial charge in [-0.25, -0.2) is 13.4 Å². The van der Waals surface area contributed by atoms with Crippen LogP contribution in [0.15, 0.2) is 52.2 Å². The summed E-state index contributed by atoms with van der Waals surface area (Å²) in [6.45, 7) is 7.18. The van der Waals surface area contributed by atoms with Crippen molar-refractivity contribution in [2.75, 3.05) is 6.54 Å². The zero-order valence-corrected chi connectivity index (χ0v) is 23.3. The zero-order chi connectivity index (χ0) is 28.3. The van der Waals surface area contributed by atoms with E-state index < -0.39 is 46.1 Å². The molecular weight excluding hydrogens is 522 g/mol. The molecule has 3 N–H and O–H groups in total. The van der Waals surface area contributed by atoms with Crippen LogP contribution in [-0.4, -0.2) is 70.4 Å². The van der Waals surface area contributed by atoms with Gasteiger partial charge in [-0.3, -0.25) is 14.6 Å². The Kier molecular flexibility index (Phi) is 8.67. The first-order valence-electron chi connectivity index (χ1n) is 13.0. The van der Waals surface area contributed by atoms with Crippen LogP contribution in [-0.2, 0) is 14.8 Å². The third-order valence-corrected chi connectivity index (χ3v) is 8.87. The maximum Gasteiger partial charge on any atom is 0.288 e. The van der Waals surface area contributed by atoms with E-state index in [1.54, 1.807) is 44.3 Å². The quantitative estimate of drug-likeness (QED) is 0.381. The highest BCUT2D eigenvalue weighted by Gasteiger charge is 2.38. The first-order chi connectivity index (χ1) is 18.5. The minimum Gasteiger partial charge on any atom is -0.449 e. The number of hydrogen-bond donors (Lipinski definition) is 3. The zero-order valence-electron chi connectivity index (χ0n) is 22.5. The monoisotopic (exact) mass is 557 g/mol. The lowest BCUT2D eigenvalue weighted by Crippen LogP contribution is -2.54. The van der Waals surface area contributed by atoms with Crippen LogP contribution < -0.4 is 10.6 Å². The lowest BCUT2D eigenvalue weighted by Gasteiger charge is -2.28. The molecule has 1 aliphatic heterocycles. The van der Waals surface area contributed by atoms with Gasteiger partial charge in [0, 0.05) is 30.5 Å². The third-order valence-electron chi connectivity index (χ3n) is 6.97. The molecule has 0 aromatic carbocycles. The molecule has 0 aliphatic carbocycles. The highest BCUT2D eigenvalue weighted by molar-refractivity contribution is 7.89. The number of furan rings is 1. The Morgan fingerprint density at radius 1 is 1.15 bits per heavy atom. The lowest BCUT2D eigenvalue weighted by molar-refractivity contribution is -0.125. The number of amides is 2. The van der Waals surface area contributed by atoms with Crippen LogP contribution >= 0.6 is 0 Å². The summed E-state index contributed by atoms with van der Waals surface area (Å²) < 4.78 is 33.4. The van der Waals surface area contributed by atoms with Crippen molar-refractivity contribution < 1.29 is 27.5 Å². The summed E-state index contributed by atoms with van der Waals surface area (Å²) in [6.07, 6.45) is 3.00. The minimum absolute atomic E-state index is 0.0811. The van der Waals surface area contributed by atoms with E-state index in [2.05, 4.69) is 20.6 Å². The number of hydrogen-bond acceptors (Lipinski definition) is 8. The molecule has 0 bridgehead atoms. The van der Waals surface area contributed by atoms with Crippen molar-refractivity contribution >= 4 is 32.9 Å². The largest absolute Gasteiger partial charge is 0.449 e. The van der Waals surface area contributed by atoms with Crippen LogP contribution in [0.3, 0.4) is 0 Å². The van der Waals surface area contributed by atoms with E-state index >= 15 is 0 Å². The number of pyridine rings is 2. The predicted octanol–water partition coefficient (Wildman–Crippen LogP) is 2.39. The summed E-state index contributed by atoms with van der Waals surface area (Å²) in [4.78, 5) is 34.8. The fraction of sp³-hybridized carbons (Fsp3) is 0.481. The number of carbonyl (C=O) groups is 2. The molecule has 4 rings (SSSR count). The molecule has 0 saturated carbocycles. The normalized spacial score (nSPS) is 21.4. The predicted molar refractivity (Wildman–Crippen MR) is 144 cm³/mol. The number of nitrogens with zero attached hydrogens (tertiary/aromatic N) is 3. The van der Waals surface area contributed by atoms with Crippen LogP contribution in [0.25, 0.3) is 11.1 Å². The van der Waals surface area contributed by atoms with Crippen molar-refractivity contribution in [2.45, 2.75) is 76.2 Å². The number of aliphatic hydroxyl groups excluding tert-OH is 1. The van der Waals surface area contributed by atoms with E-state index in [0.717, 1.165) is 0 Å². The first-order valence-corrected chi connectivity index (χ1v) is 14.5. The SMILES string of the molecule is Cc1c(C(=O)N[C@@H](CC(C)C)C(=O)N[C@H]2CC[C@@H](C)N(S(=O)(=O)c3ccccn3)C[C@H]2O)oc2cccnc12. The fourth-order valence-corrected chi connectivity index (χ4v) is 6.46. The van der Waals surface area contributed by atoms with Gasteiger partial charge in [0.15, 0.2) is 16.4 Å². The van der Waals surface area contributed by atoms with Crippen molar-refractivity contribution in [3.05, 3.63) is 54.0 Å². The Balaban J connectivity index is 1.48. The topological polar surface area (TPSA) is 155 Å². The van der Waals surface area contributed by atoms with E-state index in [1.807, 2.05) is 13.8 Å². The fourth-order valence-electron chi connectivity index (χ4n) is 4.85. The Morgan fingerprint density at radius 3 is 2.56 bits per heavy atom. The highest BCUT2D eigenvalue weighted by atomic mass is 32.2. The van der Waals surface area contributed by atoms with Crippen molar-refractivity contribution in [3.8, 4) is 0 Å². The van der Waals surface area contributed by atoms with Crippen molar-refractivity contribution in [1.82, 2.24) is 24.9 Å². The second-order valence-electron chi connectivity index (χ2n) is 10.4. The van der Waals surface area contributed by atoms with Gasteiger partial charge in [0.1, 0.15) is 11.6 Å². The summed E-state index contributed by atoms with van der Waals surface area (Å²) in [7, 11) is -3.94. The number of fused-ring (bicyclic) bond motifs is 1. The molecule has 2 amide bonds. The Bertz CT molecular complexity index is 1420. The average Bonchev–Trinajstić information content (AvgIpc) is 3.17. The van der Waals surface area contributed by atoms with Crippen molar-refractivity contribution in [2.24, 2.45) is 5.92 Å². The second-order valence-corrected chi connectivity index (χ2v) is 12.3. The number of nitrogens with one attached hydrogen (secondary N) is 2. The third kappa shape index (κ3) is 6.29. The summed E-state index contributed by atoms with van der Waals surface area (Å²) in [6, 6.07) is 6.06. The Hall–Kier alpha value is -3.35. The molecule has 0 unspecified atom stereocenters. The van der Waals surface area contributed by atoms with Gasteiger partial charge < -0.3 is 20.2 Å². The van der Waals surface area contributed by atoms with Gasteiger partial charge in [-0.05, 0) is 63.3 Å². The number of aryl methyl sites for hydroxylation is 1. The summed E-state index contributed by atoms with van der Waals surface area (Å²) in [5.74, 6) is -0.822. The molecule has 4 atom stereocenters. The number of aliphatic hydroxyl groups is 1. The lowest BCUT2D eigenvalue weighted by atomic mass is 10.0. The Labute approximate surface area is 228 Å². The van der Waals surface area contributed by atoms with E-state index in [9.17, 15) is 23.1 Å². The maximum atomic E-state index is 13.4. The van der Waals surface area contributed by atoms with Gasteiger partial charge >= 0.3 is 0 Å².